The molecule has 0 saturated heterocycles. The minimum atomic E-state index is 0.546. The maximum absolute atomic E-state index is 6.21. The van der Waals surface area contributed by atoms with Crippen molar-refractivity contribution in [2.75, 3.05) is 18.5 Å². The van der Waals surface area contributed by atoms with E-state index in [2.05, 4.69) is 68.1 Å². The van der Waals surface area contributed by atoms with Gasteiger partial charge in [0.1, 0.15) is 18.1 Å². The zero-order chi connectivity index (χ0) is 23.6. The third-order valence-electron chi connectivity index (χ3n) is 5.36. The Morgan fingerprint density at radius 1 is 0.969 bits per heavy atom. The molecule has 2 nitrogen and oxygen atoms in total. The summed E-state index contributed by atoms with van der Waals surface area (Å²) in [7, 11) is 0. The van der Waals surface area contributed by atoms with Crippen molar-refractivity contribution in [1.29, 1.82) is 0 Å². The summed E-state index contributed by atoms with van der Waals surface area (Å²) in [6.07, 6.45) is 18.5. The molecule has 0 saturated carbocycles. The fraction of sp³-hybridized carbons (Fsp3) is 0.517. The maximum atomic E-state index is 6.21. The van der Waals surface area contributed by atoms with Gasteiger partial charge >= 0.3 is 0 Å². The lowest BCUT2D eigenvalue weighted by Crippen LogP contribution is -2.04. The van der Waals surface area contributed by atoms with E-state index in [1.165, 1.54) is 32.1 Å². The van der Waals surface area contributed by atoms with Crippen LogP contribution in [0.25, 0.3) is 5.57 Å². The third kappa shape index (κ3) is 11.8. The summed E-state index contributed by atoms with van der Waals surface area (Å²) < 4.78 is 12.4. The van der Waals surface area contributed by atoms with Crippen molar-refractivity contribution in [1.82, 2.24) is 0 Å². The first-order valence-corrected chi connectivity index (χ1v) is 13.2. The van der Waals surface area contributed by atoms with Crippen molar-refractivity contribution in [3.05, 3.63) is 66.3 Å². The molecule has 0 fully saturated rings. The minimum absolute atomic E-state index is 0.546. The van der Waals surface area contributed by atoms with Crippen molar-refractivity contribution in [3.63, 3.8) is 0 Å². The first-order valence-electron chi connectivity index (χ1n) is 12.1. The van der Waals surface area contributed by atoms with Crippen LogP contribution in [0.2, 0.25) is 0 Å². The number of unbranched alkanes of at least 4 members (excludes halogenated alkanes) is 6. The first-order chi connectivity index (χ1) is 15.5. The Morgan fingerprint density at radius 2 is 1.69 bits per heavy atom. The summed E-state index contributed by atoms with van der Waals surface area (Å²) in [4.78, 5) is 0. The van der Waals surface area contributed by atoms with Crippen LogP contribution in [0.4, 0.5) is 0 Å². The zero-order valence-electron chi connectivity index (χ0n) is 20.6. The maximum Gasteiger partial charge on any atom is 0.127 e. The number of hydrogen-bond acceptors (Lipinski definition) is 2. The van der Waals surface area contributed by atoms with Crippen LogP contribution in [0.15, 0.2) is 55.2 Å². The van der Waals surface area contributed by atoms with Gasteiger partial charge in [-0.25, -0.2) is 0 Å². The predicted octanol–water partition coefficient (Wildman–Crippen LogP) is 9.38. The van der Waals surface area contributed by atoms with E-state index < -0.39 is 0 Å². The lowest BCUT2D eigenvalue weighted by Gasteiger charge is -2.18. The van der Waals surface area contributed by atoms with Crippen LogP contribution >= 0.6 is 15.9 Å². The summed E-state index contributed by atoms with van der Waals surface area (Å²) in [5.41, 5.74) is 4.45. The SMILES string of the molecule is C=C/C=C\C=C(/C)COc1cc(C)c(OCCCCCCCCBr)cc1C(=C)CCCC. The van der Waals surface area contributed by atoms with Gasteiger partial charge in [-0.05, 0) is 68.4 Å². The highest BCUT2D eigenvalue weighted by molar-refractivity contribution is 9.09. The largest absolute Gasteiger partial charge is 0.493 e. The highest BCUT2D eigenvalue weighted by atomic mass is 79.9. The van der Waals surface area contributed by atoms with E-state index in [-0.39, 0.29) is 0 Å². The van der Waals surface area contributed by atoms with E-state index in [1.807, 2.05) is 12.2 Å². The molecule has 32 heavy (non-hydrogen) atoms. The molecular formula is C29H43BrO2. The Bertz CT molecular complexity index is 746. The topological polar surface area (TPSA) is 18.5 Å². The van der Waals surface area contributed by atoms with Crippen molar-refractivity contribution in [2.24, 2.45) is 0 Å². The Kier molecular flexibility index (Phi) is 15.7. The molecule has 3 heteroatoms. The lowest BCUT2D eigenvalue weighted by molar-refractivity contribution is 0.300. The van der Waals surface area contributed by atoms with Gasteiger partial charge in [-0.1, -0.05) is 92.4 Å². The van der Waals surface area contributed by atoms with Crippen LogP contribution in [-0.4, -0.2) is 18.5 Å². The molecule has 0 unspecified atom stereocenters. The Hall–Kier alpha value is -1.74. The van der Waals surface area contributed by atoms with Crippen LogP contribution in [0.5, 0.6) is 11.5 Å². The van der Waals surface area contributed by atoms with Crippen LogP contribution in [0, 0.1) is 6.92 Å². The molecule has 0 spiro atoms. The van der Waals surface area contributed by atoms with Gasteiger partial charge in [0.25, 0.3) is 0 Å². The molecule has 0 radical (unpaired) electrons. The number of hydrogen-bond donors (Lipinski definition) is 0. The van der Waals surface area contributed by atoms with Gasteiger partial charge < -0.3 is 9.47 Å². The molecule has 0 N–H and O–H groups in total. The fourth-order valence-electron chi connectivity index (χ4n) is 3.36. The van der Waals surface area contributed by atoms with E-state index in [0.717, 1.165) is 71.4 Å². The summed E-state index contributed by atoms with van der Waals surface area (Å²) in [6, 6.07) is 4.24. The van der Waals surface area contributed by atoms with Crippen LogP contribution in [-0.2, 0) is 0 Å². The van der Waals surface area contributed by atoms with E-state index in [0.29, 0.717) is 6.61 Å². The van der Waals surface area contributed by atoms with Crippen molar-refractivity contribution < 1.29 is 9.47 Å². The fourth-order valence-corrected chi connectivity index (χ4v) is 3.76. The second kappa shape index (κ2) is 17.8. The standard InChI is InChI=1S/C29H43BrO2/c1-6-8-14-17-24(3)23-32-29-21-26(5)28(22-27(29)25(4)18-9-7-2)31-20-16-13-11-10-12-15-19-30/h6,8,14,17,21-22H,1,4,7,9-13,15-16,18-20,23H2,2-3,5H3/b14-8-,24-17+. The first kappa shape index (κ1) is 28.3. The van der Waals surface area contributed by atoms with Gasteiger partial charge in [0.05, 0.1) is 6.61 Å². The van der Waals surface area contributed by atoms with E-state index in [9.17, 15) is 0 Å². The van der Waals surface area contributed by atoms with Crippen molar-refractivity contribution in [3.8, 4) is 11.5 Å². The smallest absolute Gasteiger partial charge is 0.127 e. The molecule has 0 aliphatic rings. The molecule has 1 aromatic rings. The quantitative estimate of drug-likeness (QED) is 0.113. The predicted molar refractivity (Wildman–Crippen MR) is 145 cm³/mol. The number of halogens is 1. The third-order valence-corrected chi connectivity index (χ3v) is 5.92. The van der Waals surface area contributed by atoms with E-state index in [1.54, 1.807) is 6.08 Å². The summed E-state index contributed by atoms with van der Waals surface area (Å²) >= 11 is 3.50. The summed E-state index contributed by atoms with van der Waals surface area (Å²) in [5.74, 6) is 1.84. The Labute approximate surface area is 205 Å². The molecule has 0 aliphatic carbocycles. The molecule has 0 amide bonds. The van der Waals surface area contributed by atoms with Gasteiger partial charge in [-0.15, -0.1) is 0 Å². The molecule has 1 rings (SSSR count). The molecule has 0 aliphatic heterocycles. The second-order valence-corrected chi connectivity index (χ2v) is 9.20. The van der Waals surface area contributed by atoms with Gasteiger partial charge in [0.2, 0.25) is 0 Å². The number of allylic oxidation sites excluding steroid dienone is 5. The number of ether oxygens (including phenoxy) is 2. The molecule has 0 heterocycles. The van der Waals surface area contributed by atoms with Gasteiger partial charge in [0.15, 0.2) is 0 Å². The van der Waals surface area contributed by atoms with Crippen molar-refractivity contribution in [2.45, 2.75) is 78.6 Å². The molecular weight excluding hydrogens is 460 g/mol. The normalized spacial score (nSPS) is 11.7. The number of rotatable bonds is 18. The zero-order valence-corrected chi connectivity index (χ0v) is 22.1. The van der Waals surface area contributed by atoms with Crippen LogP contribution in [0.3, 0.4) is 0 Å². The lowest BCUT2D eigenvalue weighted by atomic mass is 9.99. The number of benzene rings is 1. The highest BCUT2D eigenvalue weighted by Gasteiger charge is 2.13. The Morgan fingerprint density at radius 3 is 2.38 bits per heavy atom. The molecule has 1 aromatic carbocycles. The number of aryl methyl sites for hydroxylation is 1. The van der Waals surface area contributed by atoms with Crippen LogP contribution in [0.1, 0.15) is 82.8 Å². The average molecular weight is 504 g/mol. The van der Waals surface area contributed by atoms with E-state index in [4.69, 9.17) is 9.47 Å². The van der Waals surface area contributed by atoms with Crippen LogP contribution < -0.4 is 9.47 Å². The molecule has 0 aromatic heterocycles. The second-order valence-electron chi connectivity index (χ2n) is 8.40. The van der Waals surface area contributed by atoms with Gasteiger partial charge in [0, 0.05) is 10.9 Å². The number of alkyl halides is 1. The Balaban J connectivity index is 2.79. The van der Waals surface area contributed by atoms with E-state index >= 15 is 0 Å². The van der Waals surface area contributed by atoms with Gasteiger partial charge in [-0.3, -0.25) is 0 Å². The molecule has 0 bridgehead atoms. The molecule has 0 atom stereocenters. The highest BCUT2D eigenvalue weighted by Crippen LogP contribution is 2.35. The van der Waals surface area contributed by atoms with Gasteiger partial charge in [-0.2, -0.15) is 0 Å². The van der Waals surface area contributed by atoms with Crippen molar-refractivity contribution >= 4 is 21.5 Å². The summed E-state index contributed by atoms with van der Waals surface area (Å²) in [6.45, 7) is 15.7. The average Bonchev–Trinajstić information content (AvgIpc) is 2.78. The minimum Gasteiger partial charge on any atom is -0.493 e. The molecule has 178 valence electrons. The summed E-state index contributed by atoms with van der Waals surface area (Å²) in [5, 5.41) is 1.11. The monoisotopic (exact) mass is 502 g/mol.